The van der Waals surface area contributed by atoms with Gasteiger partial charge in [-0.15, -0.1) is 0 Å². The van der Waals surface area contributed by atoms with Gasteiger partial charge in [0, 0.05) is 0 Å². The second-order valence-corrected chi connectivity index (χ2v) is 1.43. The van der Waals surface area contributed by atoms with Crippen LogP contribution in [0.3, 0.4) is 0 Å². The van der Waals surface area contributed by atoms with Crippen molar-refractivity contribution in [1.82, 2.24) is 0 Å². The second-order valence-electron chi connectivity index (χ2n) is 1.43. The molecule has 0 aromatic heterocycles. The van der Waals surface area contributed by atoms with Gasteiger partial charge in [-0.2, -0.15) is 10.5 Å². The molecule has 0 radical (unpaired) electrons. The lowest BCUT2D eigenvalue weighted by Gasteiger charge is -1.98. The average Bonchev–Trinajstić information content (AvgIpc) is 1.68. The van der Waals surface area contributed by atoms with Gasteiger partial charge in [-0.3, -0.25) is 0 Å². The molecule has 0 aliphatic heterocycles. The van der Waals surface area contributed by atoms with Crippen molar-refractivity contribution >= 4 is 0 Å². The van der Waals surface area contributed by atoms with E-state index in [1.165, 1.54) is 6.92 Å². The van der Waals surface area contributed by atoms with Crippen molar-refractivity contribution in [3.8, 4) is 12.1 Å². The maximum absolute atomic E-state index is 8.00. The second kappa shape index (κ2) is 1.59. The molecule has 0 rings (SSSR count). The topological polar surface area (TPSA) is 73.6 Å². The maximum atomic E-state index is 8.00. The van der Waals surface area contributed by atoms with E-state index >= 15 is 0 Å². The zero-order valence-corrected chi connectivity index (χ0v) is 3.97. The van der Waals surface area contributed by atoms with Crippen molar-refractivity contribution in [2.75, 3.05) is 0 Å². The molecule has 3 nitrogen and oxygen atoms in total. The van der Waals surface area contributed by atoms with Crippen LogP contribution in [0.25, 0.3) is 0 Å². The van der Waals surface area contributed by atoms with Crippen LogP contribution >= 0.6 is 0 Å². The van der Waals surface area contributed by atoms with Gasteiger partial charge in [0.05, 0.1) is 12.1 Å². The Hall–Kier alpha value is -1.06. The first-order chi connectivity index (χ1) is 3.12. The Balaban J connectivity index is 4.00. The molecule has 7 heavy (non-hydrogen) atoms. The van der Waals surface area contributed by atoms with E-state index < -0.39 is 5.54 Å². The molecular formula is C4H5N3. The molecule has 0 fully saturated rings. The van der Waals surface area contributed by atoms with E-state index in [9.17, 15) is 0 Å². The number of nitrogens with zero attached hydrogens (tertiary/aromatic N) is 2. The normalized spacial score (nSPS) is 9.14. The molecule has 0 saturated carbocycles. The lowest BCUT2D eigenvalue weighted by atomic mass is 10.1. The zero-order valence-electron chi connectivity index (χ0n) is 3.97. The fraction of sp³-hybridized carbons (Fsp3) is 0.500. The van der Waals surface area contributed by atoms with Crippen molar-refractivity contribution < 1.29 is 0 Å². The molecule has 0 aliphatic carbocycles. The van der Waals surface area contributed by atoms with E-state index in [2.05, 4.69) is 0 Å². The standard InChI is InChI=1S/C4H5N3/c1-4(7,2-5)3-6/h7H2,1H3. The van der Waals surface area contributed by atoms with Gasteiger partial charge in [0.15, 0.2) is 5.54 Å². The Bertz CT molecular complexity index is 118. The van der Waals surface area contributed by atoms with Crippen LogP contribution in [0, 0.1) is 22.7 Å². The zero-order chi connectivity index (χ0) is 5.91. The highest BCUT2D eigenvalue weighted by Crippen LogP contribution is 1.89. The number of rotatable bonds is 0. The summed E-state index contributed by atoms with van der Waals surface area (Å²) in [6, 6.07) is 3.22. The summed E-state index contributed by atoms with van der Waals surface area (Å²) in [7, 11) is 0. The minimum Gasteiger partial charge on any atom is -0.302 e. The Morgan fingerprint density at radius 3 is 1.71 bits per heavy atom. The smallest absolute Gasteiger partial charge is 0.188 e. The van der Waals surface area contributed by atoms with E-state index in [0.717, 1.165) is 0 Å². The number of hydrogen-bond donors (Lipinski definition) is 1. The fourth-order valence-corrected chi connectivity index (χ4v) is 0.0250. The summed E-state index contributed by atoms with van der Waals surface area (Å²) < 4.78 is 0. The monoisotopic (exact) mass is 95.0 g/mol. The van der Waals surface area contributed by atoms with Gasteiger partial charge in [0.2, 0.25) is 0 Å². The third-order valence-electron chi connectivity index (χ3n) is 0.465. The van der Waals surface area contributed by atoms with Crippen LogP contribution in [0.15, 0.2) is 0 Å². The van der Waals surface area contributed by atoms with Gasteiger partial charge in [0.25, 0.3) is 0 Å². The van der Waals surface area contributed by atoms with Crippen LogP contribution in [-0.4, -0.2) is 5.54 Å². The Labute approximate surface area is 42.0 Å². The molecule has 0 aromatic rings. The van der Waals surface area contributed by atoms with Crippen LogP contribution in [0.2, 0.25) is 0 Å². The molecule has 0 saturated heterocycles. The highest BCUT2D eigenvalue weighted by molar-refractivity contribution is 5.16. The molecule has 2 N–H and O–H groups in total. The lowest BCUT2D eigenvalue weighted by molar-refractivity contribution is 0.767. The van der Waals surface area contributed by atoms with E-state index in [4.69, 9.17) is 16.3 Å². The maximum Gasteiger partial charge on any atom is 0.188 e. The lowest BCUT2D eigenvalue weighted by Crippen LogP contribution is -2.31. The van der Waals surface area contributed by atoms with Gasteiger partial charge in [-0.05, 0) is 6.92 Å². The summed E-state index contributed by atoms with van der Waals surface area (Å²) in [4.78, 5) is 0. The summed E-state index contributed by atoms with van der Waals surface area (Å²) in [6.07, 6.45) is 0. The molecule has 0 unspecified atom stereocenters. The van der Waals surface area contributed by atoms with Crippen LogP contribution < -0.4 is 5.73 Å². The van der Waals surface area contributed by atoms with Crippen molar-refractivity contribution in [3.63, 3.8) is 0 Å². The van der Waals surface area contributed by atoms with E-state index in [0.29, 0.717) is 0 Å². The summed E-state index contributed by atoms with van der Waals surface area (Å²) in [5.41, 5.74) is 3.69. The number of hydrogen-bond acceptors (Lipinski definition) is 3. The summed E-state index contributed by atoms with van der Waals surface area (Å²) in [5.74, 6) is 0. The molecule has 36 valence electrons. The van der Waals surface area contributed by atoms with Crippen molar-refractivity contribution in [2.24, 2.45) is 5.73 Å². The van der Waals surface area contributed by atoms with Crippen LogP contribution in [-0.2, 0) is 0 Å². The van der Waals surface area contributed by atoms with Crippen LogP contribution in [0.1, 0.15) is 6.92 Å². The molecule has 0 spiro atoms. The Kier molecular flexibility index (Phi) is 1.35. The van der Waals surface area contributed by atoms with Crippen molar-refractivity contribution in [1.29, 1.82) is 10.5 Å². The minimum absolute atomic E-state index is 1.31. The molecule has 0 bridgehead atoms. The van der Waals surface area contributed by atoms with Crippen molar-refractivity contribution in [3.05, 3.63) is 0 Å². The Morgan fingerprint density at radius 1 is 1.43 bits per heavy atom. The molecule has 0 heterocycles. The predicted octanol–water partition coefficient (Wildman–Crippen LogP) is -0.249. The molecular weight excluding hydrogens is 90.1 g/mol. The van der Waals surface area contributed by atoms with E-state index in [-0.39, 0.29) is 0 Å². The van der Waals surface area contributed by atoms with E-state index in [1.807, 2.05) is 0 Å². The molecule has 0 amide bonds. The van der Waals surface area contributed by atoms with Crippen LogP contribution in [0.5, 0.6) is 0 Å². The highest BCUT2D eigenvalue weighted by Gasteiger charge is 2.13. The van der Waals surface area contributed by atoms with Gasteiger partial charge < -0.3 is 5.73 Å². The third kappa shape index (κ3) is 1.75. The van der Waals surface area contributed by atoms with Gasteiger partial charge >= 0.3 is 0 Å². The Morgan fingerprint density at radius 2 is 1.71 bits per heavy atom. The molecule has 0 atom stereocenters. The number of nitriles is 2. The average molecular weight is 95.1 g/mol. The van der Waals surface area contributed by atoms with E-state index in [1.54, 1.807) is 12.1 Å². The first-order valence-electron chi connectivity index (χ1n) is 1.74. The number of nitrogens with two attached hydrogens (primary N) is 1. The molecule has 0 aromatic carbocycles. The summed E-state index contributed by atoms with van der Waals surface area (Å²) in [6.45, 7) is 1.35. The quantitative estimate of drug-likeness (QED) is 0.451. The van der Waals surface area contributed by atoms with Gasteiger partial charge in [0.1, 0.15) is 0 Å². The largest absolute Gasteiger partial charge is 0.302 e. The first kappa shape index (κ1) is 5.94. The summed E-state index contributed by atoms with van der Waals surface area (Å²) in [5, 5.41) is 16.0. The predicted molar refractivity (Wildman–Crippen MR) is 23.8 cm³/mol. The summed E-state index contributed by atoms with van der Waals surface area (Å²) >= 11 is 0. The highest BCUT2D eigenvalue weighted by atomic mass is 14.7. The third-order valence-corrected chi connectivity index (χ3v) is 0.465. The first-order valence-corrected chi connectivity index (χ1v) is 1.74. The fourth-order valence-electron chi connectivity index (χ4n) is 0.0250. The SMILES string of the molecule is CC(N)(C#N)C#N. The van der Waals surface area contributed by atoms with Crippen molar-refractivity contribution in [2.45, 2.75) is 12.5 Å². The van der Waals surface area contributed by atoms with Crippen LogP contribution in [0.4, 0.5) is 0 Å². The van der Waals surface area contributed by atoms with Gasteiger partial charge in [-0.25, -0.2) is 0 Å². The molecule has 3 heteroatoms. The minimum atomic E-state index is -1.31. The van der Waals surface area contributed by atoms with Gasteiger partial charge in [-0.1, -0.05) is 0 Å². The molecule has 0 aliphatic rings.